The summed E-state index contributed by atoms with van der Waals surface area (Å²) in [6.45, 7) is 2.76. The lowest BCUT2D eigenvalue weighted by molar-refractivity contribution is -0.131. The van der Waals surface area contributed by atoms with Gasteiger partial charge in [-0.2, -0.15) is 0 Å². The van der Waals surface area contributed by atoms with Crippen molar-refractivity contribution in [3.8, 4) is 11.3 Å². The fourth-order valence-corrected chi connectivity index (χ4v) is 4.97. The van der Waals surface area contributed by atoms with E-state index in [4.69, 9.17) is 0 Å². The van der Waals surface area contributed by atoms with E-state index in [1.165, 1.54) is 29.5 Å². The first-order valence-corrected chi connectivity index (χ1v) is 11.4. The Morgan fingerprint density at radius 1 is 1.00 bits per heavy atom. The van der Waals surface area contributed by atoms with Crippen LogP contribution in [0.4, 0.5) is 14.5 Å². The predicted octanol–water partition coefficient (Wildman–Crippen LogP) is 4.62. The number of anilines is 1. The molecule has 0 saturated carbocycles. The standard InChI is InChI=1S/C24H22F2N4OS/c25-17-5-7-18(8-6-17)28-11-13-29(14-12-28)23(31)10-9-19-16-32-24-27-22(15-30(19)24)20-3-1-2-4-21(20)26/h1-8,15-16H,9-14H2. The van der Waals surface area contributed by atoms with Gasteiger partial charge < -0.3 is 9.80 Å². The fraction of sp³-hybridized carbons (Fsp3) is 0.250. The molecule has 5 nitrogen and oxygen atoms in total. The third kappa shape index (κ3) is 4.10. The van der Waals surface area contributed by atoms with E-state index in [0.717, 1.165) is 29.4 Å². The molecule has 2 aromatic heterocycles. The summed E-state index contributed by atoms with van der Waals surface area (Å²) in [6.07, 6.45) is 2.85. The summed E-state index contributed by atoms with van der Waals surface area (Å²) >= 11 is 1.49. The number of halogens is 2. The quantitative estimate of drug-likeness (QED) is 0.444. The van der Waals surface area contributed by atoms with Crippen molar-refractivity contribution in [3.63, 3.8) is 0 Å². The van der Waals surface area contributed by atoms with Gasteiger partial charge in [-0.15, -0.1) is 11.3 Å². The van der Waals surface area contributed by atoms with Gasteiger partial charge in [0.15, 0.2) is 4.96 Å². The lowest BCUT2D eigenvalue weighted by Gasteiger charge is -2.36. The first-order chi connectivity index (χ1) is 15.6. The van der Waals surface area contributed by atoms with Gasteiger partial charge in [0.05, 0.1) is 5.69 Å². The zero-order valence-electron chi connectivity index (χ0n) is 17.4. The second kappa shape index (κ2) is 8.70. The van der Waals surface area contributed by atoms with Crippen LogP contribution in [-0.2, 0) is 11.2 Å². The van der Waals surface area contributed by atoms with E-state index in [1.807, 2.05) is 20.9 Å². The molecule has 164 valence electrons. The number of carbonyl (C=O) groups excluding carboxylic acids is 1. The van der Waals surface area contributed by atoms with Crippen LogP contribution in [0.5, 0.6) is 0 Å². The molecule has 5 rings (SSSR count). The number of hydrogen-bond donors (Lipinski definition) is 0. The number of amides is 1. The van der Waals surface area contributed by atoms with E-state index in [-0.39, 0.29) is 17.5 Å². The average Bonchev–Trinajstić information content (AvgIpc) is 3.40. The van der Waals surface area contributed by atoms with Crippen LogP contribution in [0.15, 0.2) is 60.1 Å². The minimum absolute atomic E-state index is 0.123. The molecule has 0 atom stereocenters. The molecule has 3 heterocycles. The van der Waals surface area contributed by atoms with Crippen molar-refractivity contribution in [1.82, 2.24) is 14.3 Å². The van der Waals surface area contributed by atoms with Crippen LogP contribution in [0, 0.1) is 11.6 Å². The molecule has 0 N–H and O–H groups in total. The van der Waals surface area contributed by atoms with E-state index in [2.05, 4.69) is 9.88 Å². The van der Waals surface area contributed by atoms with Crippen LogP contribution in [-0.4, -0.2) is 46.4 Å². The van der Waals surface area contributed by atoms with Gasteiger partial charge >= 0.3 is 0 Å². The lowest BCUT2D eigenvalue weighted by atomic mass is 10.1. The number of nitrogens with zero attached hydrogens (tertiary/aromatic N) is 4. The number of piperazine rings is 1. The third-order valence-electron chi connectivity index (χ3n) is 5.85. The van der Waals surface area contributed by atoms with Gasteiger partial charge in [0.1, 0.15) is 11.6 Å². The van der Waals surface area contributed by atoms with Gasteiger partial charge in [0, 0.05) is 61.1 Å². The van der Waals surface area contributed by atoms with Gasteiger partial charge in [-0.25, -0.2) is 13.8 Å². The molecule has 2 aromatic carbocycles. The van der Waals surface area contributed by atoms with Crippen molar-refractivity contribution in [2.24, 2.45) is 0 Å². The smallest absolute Gasteiger partial charge is 0.223 e. The lowest BCUT2D eigenvalue weighted by Crippen LogP contribution is -2.48. The largest absolute Gasteiger partial charge is 0.368 e. The Morgan fingerprint density at radius 3 is 2.50 bits per heavy atom. The minimum atomic E-state index is -0.297. The zero-order valence-corrected chi connectivity index (χ0v) is 18.2. The first-order valence-electron chi connectivity index (χ1n) is 10.6. The molecular weight excluding hydrogens is 430 g/mol. The molecule has 0 spiro atoms. The van der Waals surface area contributed by atoms with Crippen molar-refractivity contribution in [3.05, 3.63) is 77.4 Å². The highest BCUT2D eigenvalue weighted by molar-refractivity contribution is 7.15. The number of carbonyl (C=O) groups is 1. The van der Waals surface area contributed by atoms with E-state index >= 15 is 0 Å². The maximum atomic E-state index is 14.1. The summed E-state index contributed by atoms with van der Waals surface area (Å²) in [7, 11) is 0. The number of hydrogen-bond acceptors (Lipinski definition) is 4. The SMILES string of the molecule is O=C(CCc1csc2nc(-c3ccccc3F)cn12)N1CCN(c2ccc(F)cc2)CC1. The minimum Gasteiger partial charge on any atom is -0.368 e. The molecule has 1 aliphatic rings. The van der Waals surface area contributed by atoms with Gasteiger partial charge in [0.2, 0.25) is 5.91 Å². The molecule has 32 heavy (non-hydrogen) atoms. The second-order valence-electron chi connectivity index (χ2n) is 7.83. The molecule has 1 fully saturated rings. The van der Waals surface area contributed by atoms with Crippen LogP contribution in [0.1, 0.15) is 12.1 Å². The van der Waals surface area contributed by atoms with Crippen molar-refractivity contribution in [2.45, 2.75) is 12.8 Å². The highest BCUT2D eigenvalue weighted by atomic mass is 32.1. The fourth-order valence-electron chi connectivity index (χ4n) is 4.07. The second-order valence-corrected chi connectivity index (χ2v) is 8.67. The highest BCUT2D eigenvalue weighted by Crippen LogP contribution is 2.26. The summed E-state index contributed by atoms with van der Waals surface area (Å²) in [4.78, 5) is 22.2. The Morgan fingerprint density at radius 2 is 1.75 bits per heavy atom. The number of aromatic nitrogens is 2. The summed E-state index contributed by atoms with van der Waals surface area (Å²) in [5.74, 6) is -0.420. The van der Waals surface area contributed by atoms with Crippen molar-refractivity contribution >= 4 is 27.9 Å². The van der Waals surface area contributed by atoms with Crippen molar-refractivity contribution in [1.29, 1.82) is 0 Å². The number of thiazole rings is 1. The average molecular weight is 453 g/mol. The molecule has 4 aromatic rings. The summed E-state index contributed by atoms with van der Waals surface area (Å²) in [5.41, 5.74) is 3.05. The van der Waals surface area contributed by atoms with E-state index in [1.54, 1.807) is 30.3 Å². The molecule has 0 aliphatic carbocycles. The summed E-state index contributed by atoms with van der Waals surface area (Å²) in [6, 6.07) is 13.1. The van der Waals surface area contributed by atoms with Gasteiger partial charge in [-0.1, -0.05) is 12.1 Å². The topological polar surface area (TPSA) is 40.9 Å². The van der Waals surface area contributed by atoms with Crippen LogP contribution in [0.25, 0.3) is 16.2 Å². The number of aryl methyl sites for hydroxylation is 1. The van der Waals surface area contributed by atoms with Crippen LogP contribution in [0.2, 0.25) is 0 Å². The van der Waals surface area contributed by atoms with Crippen molar-refractivity contribution in [2.75, 3.05) is 31.1 Å². The Hall–Kier alpha value is -3.26. The summed E-state index contributed by atoms with van der Waals surface area (Å²) < 4.78 is 29.2. The Bertz CT molecular complexity index is 1240. The molecule has 1 amide bonds. The summed E-state index contributed by atoms with van der Waals surface area (Å²) in [5, 5.41) is 2.01. The maximum absolute atomic E-state index is 14.1. The number of rotatable bonds is 5. The monoisotopic (exact) mass is 452 g/mol. The number of fused-ring (bicyclic) bond motifs is 1. The molecule has 1 saturated heterocycles. The van der Waals surface area contributed by atoms with Crippen LogP contribution >= 0.6 is 11.3 Å². The molecule has 0 radical (unpaired) electrons. The first kappa shape index (κ1) is 20.6. The third-order valence-corrected chi connectivity index (χ3v) is 6.74. The normalized spacial score (nSPS) is 14.3. The zero-order chi connectivity index (χ0) is 22.1. The van der Waals surface area contributed by atoms with E-state index in [0.29, 0.717) is 37.2 Å². The molecule has 0 bridgehead atoms. The van der Waals surface area contributed by atoms with Gasteiger partial charge in [-0.05, 0) is 42.8 Å². The van der Waals surface area contributed by atoms with Crippen LogP contribution < -0.4 is 4.90 Å². The number of benzene rings is 2. The van der Waals surface area contributed by atoms with Gasteiger partial charge in [-0.3, -0.25) is 9.20 Å². The Labute approximate surface area is 188 Å². The van der Waals surface area contributed by atoms with Crippen LogP contribution in [0.3, 0.4) is 0 Å². The molecule has 0 unspecified atom stereocenters. The Kier molecular flexibility index (Phi) is 5.61. The molecular formula is C24H22F2N4OS. The van der Waals surface area contributed by atoms with E-state index in [9.17, 15) is 13.6 Å². The van der Waals surface area contributed by atoms with Gasteiger partial charge in [0.25, 0.3) is 0 Å². The molecule has 1 aliphatic heterocycles. The number of imidazole rings is 1. The Balaban J connectivity index is 1.20. The maximum Gasteiger partial charge on any atom is 0.223 e. The van der Waals surface area contributed by atoms with Crippen molar-refractivity contribution < 1.29 is 13.6 Å². The van der Waals surface area contributed by atoms with E-state index < -0.39 is 0 Å². The molecule has 8 heteroatoms. The highest BCUT2D eigenvalue weighted by Gasteiger charge is 2.22. The predicted molar refractivity (Wildman–Crippen MR) is 122 cm³/mol.